The summed E-state index contributed by atoms with van der Waals surface area (Å²) in [7, 11) is 0. The average Bonchev–Trinajstić information content (AvgIpc) is 2.73. The van der Waals surface area contributed by atoms with E-state index < -0.39 is 18.2 Å². The van der Waals surface area contributed by atoms with E-state index in [1.807, 2.05) is 19.1 Å². The molecule has 0 aromatic heterocycles. The van der Waals surface area contributed by atoms with Crippen molar-refractivity contribution in [2.45, 2.75) is 38.4 Å². The standard InChI is InChI=1S/C11H17NO4/c1-2-3-4-7-12-10(13)8-5-6-9(16-8)11(14)15/h2-3,8-9H,4-7H2,1H3,(H,12,13)(H,14,15)/b3-2+. The van der Waals surface area contributed by atoms with Crippen molar-refractivity contribution in [2.75, 3.05) is 6.54 Å². The van der Waals surface area contributed by atoms with Crippen LogP contribution in [0.1, 0.15) is 26.2 Å². The van der Waals surface area contributed by atoms with Crippen molar-refractivity contribution in [2.24, 2.45) is 0 Å². The summed E-state index contributed by atoms with van der Waals surface area (Å²) in [6, 6.07) is 0. The Labute approximate surface area is 94.5 Å². The highest BCUT2D eigenvalue weighted by Gasteiger charge is 2.34. The molecule has 16 heavy (non-hydrogen) atoms. The van der Waals surface area contributed by atoms with Gasteiger partial charge in [0.15, 0.2) is 6.10 Å². The summed E-state index contributed by atoms with van der Waals surface area (Å²) >= 11 is 0. The molecule has 5 nitrogen and oxygen atoms in total. The molecule has 2 atom stereocenters. The summed E-state index contributed by atoms with van der Waals surface area (Å²) in [6.07, 6.45) is 4.10. The second-order valence-corrected chi connectivity index (χ2v) is 3.68. The number of aliphatic carboxylic acids is 1. The van der Waals surface area contributed by atoms with Crippen molar-refractivity contribution in [1.82, 2.24) is 5.32 Å². The third kappa shape index (κ3) is 3.66. The number of carboxylic acid groups (broad SMARTS) is 1. The molecule has 1 aliphatic rings. The molecule has 2 unspecified atom stereocenters. The van der Waals surface area contributed by atoms with Gasteiger partial charge >= 0.3 is 5.97 Å². The van der Waals surface area contributed by atoms with E-state index in [4.69, 9.17) is 9.84 Å². The summed E-state index contributed by atoms with van der Waals surface area (Å²) < 4.78 is 5.11. The molecule has 1 amide bonds. The minimum atomic E-state index is -0.996. The lowest BCUT2D eigenvalue weighted by atomic mass is 10.2. The third-order valence-electron chi connectivity index (χ3n) is 2.43. The molecule has 0 aromatic rings. The van der Waals surface area contributed by atoms with Crippen LogP contribution in [0.15, 0.2) is 12.2 Å². The van der Waals surface area contributed by atoms with Crippen molar-refractivity contribution in [1.29, 1.82) is 0 Å². The van der Waals surface area contributed by atoms with Gasteiger partial charge in [-0.25, -0.2) is 4.79 Å². The first-order valence-corrected chi connectivity index (χ1v) is 5.42. The number of carbonyl (C=O) groups excluding carboxylic acids is 1. The lowest BCUT2D eigenvalue weighted by molar-refractivity contribution is -0.151. The number of hydrogen-bond donors (Lipinski definition) is 2. The molecule has 1 saturated heterocycles. The maximum atomic E-state index is 11.5. The molecule has 0 spiro atoms. The topological polar surface area (TPSA) is 75.6 Å². The summed E-state index contributed by atoms with van der Waals surface area (Å²) in [5.41, 5.74) is 0. The lowest BCUT2D eigenvalue weighted by Crippen LogP contribution is -2.35. The summed E-state index contributed by atoms with van der Waals surface area (Å²) in [4.78, 5) is 22.1. The Balaban J connectivity index is 2.25. The fourth-order valence-electron chi connectivity index (χ4n) is 1.57. The fraction of sp³-hybridized carbons (Fsp3) is 0.636. The zero-order valence-electron chi connectivity index (χ0n) is 9.31. The van der Waals surface area contributed by atoms with Gasteiger partial charge in [-0.05, 0) is 26.2 Å². The number of allylic oxidation sites excluding steroid dienone is 1. The molecule has 0 radical (unpaired) electrons. The second-order valence-electron chi connectivity index (χ2n) is 3.68. The van der Waals surface area contributed by atoms with Gasteiger partial charge < -0.3 is 15.2 Å². The molecular weight excluding hydrogens is 210 g/mol. The summed E-state index contributed by atoms with van der Waals surface area (Å²) in [5.74, 6) is -1.21. The summed E-state index contributed by atoms with van der Waals surface area (Å²) in [5, 5.41) is 11.4. The lowest BCUT2D eigenvalue weighted by Gasteiger charge is -2.10. The van der Waals surface area contributed by atoms with Crippen LogP contribution in [0.2, 0.25) is 0 Å². The average molecular weight is 227 g/mol. The van der Waals surface area contributed by atoms with Crippen molar-refractivity contribution >= 4 is 11.9 Å². The highest BCUT2D eigenvalue weighted by Crippen LogP contribution is 2.19. The van der Waals surface area contributed by atoms with Crippen LogP contribution in [0.25, 0.3) is 0 Å². The normalized spacial score (nSPS) is 24.8. The molecule has 0 bridgehead atoms. The molecule has 1 heterocycles. The van der Waals surface area contributed by atoms with Gasteiger partial charge in [0, 0.05) is 6.54 Å². The molecule has 0 saturated carbocycles. The monoisotopic (exact) mass is 227 g/mol. The van der Waals surface area contributed by atoms with Gasteiger partial charge in [0.25, 0.3) is 0 Å². The van der Waals surface area contributed by atoms with Gasteiger partial charge in [0.1, 0.15) is 6.10 Å². The first-order valence-electron chi connectivity index (χ1n) is 5.42. The largest absolute Gasteiger partial charge is 0.479 e. The number of carboxylic acids is 1. The second kappa shape index (κ2) is 6.27. The predicted octanol–water partition coefficient (Wildman–Crippen LogP) is 0.701. The number of carbonyl (C=O) groups is 2. The van der Waals surface area contributed by atoms with Crippen molar-refractivity contribution in [3.8, 4) is 0 Å². The Kier molecular flexibility index (Phi) is 4.98. The van der Waals surface area contributed by atoms with Crippen molar-refractivity contribution < 1.29 is 19.4 Å². The maximum absolute atomic E-state index is 11.5. The number of amides is 1. The molecule has 1 rings (SSSR count). The zero-order chi connectivity index (χ0) is 12.0. The van der Waals surface area contributed by atoms with E-state index in [2.05, 4.69) is 5.32 Å². The predicted molar refractivity (Wildman–Crippen MR) is 58.0 cm³/mol. The Morgan fingerprint density at radius 2 is 2.12 bits per heavy atom. The van der Waals surface area contributed by atoms with E-state index >= 15 is 0 Å². The SMILES string of the molecule is C/C=C/CCNC(=O)C1CCC(C(=O)O)O1. The third-order valence-corrected chi connectivity index (χ3v) is 2.43. The molecule has 90 valence electrons. The molecule has 2 N–H and O–H groups in total. The van der Waals surface area contributed by atoms with Gasteiger partial charge in [0.05, 0.1) is 0 Å². The number of ether oxygens (including phenoxy) is 1. The van der Waals surface area contributed by atoms with Crippen LogP contribution in [-0.4, -0.2) is 35.7 Å². The number of hydrogen-bond acceptors (Lipinski definition) is 3. The van der Waals surface area contributed by atoms with Crippen LogP contribution in [0.4, 0.5) is 0 Å². The number of rotatable bonds is 5. The molecule has 0 aromatic carbocycles. The highest BCUT2D eigenvalue weighted by atomic mass is 16.5. The Bertz CT molecular complexity index is 288. The molecular formula is C11H17NO4. The van der Waals surface area contributed by atoms with E-state index in [-0.39, 0.29) is 5.91 Å². The van der Waals surface area contributed by atoms with Crippen LogP contribution in [0.3, 0.4) is 0 Å². The van der Waals surface area contributed by atoms with Gasteiger partial charge in [-0.3, -0.25) is 4.79 Å². The maximum Gasteiger partial charge on any atom is 0.332 e. The van der Waals surface area contributed by atoms with Gasteiger partial charge in [-0.2, -0.15) is 0 Å². The molecule has 5 heteroatoms. The van der Waals surface area contributed by atoms with E-state index in [0.29, 0.717) is 19.4 Å². The Hall–Kier alpha value is -1.36. The molecule has 1 fully saturated rings. The van der Waals surface area contributed by atoms with E-state index in [0.717, 1.165) is 6.42 Å². The van der Waals surface area contributed by atoms with Crippen molar-refractivity contribution in [3.63, 3.8) is 0 Å². The Morgan fingerprint density at radius 1 is 1.44 bits per heavy atom. The summed E-state index contributed by atoms with van der Waals surface area (Å²) in [6.45, 7) is 2.47. The minimum absolute atomic E-state index is 0.215. The van der Waals surface area contributed by atoms with Crippen LogP contribution < -0.4 is 5.32 Å². The van der Waals surface area contributed by atoms with Crippen LogP contribution >= 0.6 is 0 Å². The van der Waals surface area contributed by atoms with Gasteiger partial charge in [-0.1, -0.05) is 12.2 Å². The van der Waals surface area contributed by atoms with E-state index in [9.17, 15) is 9.59 Å². The highest BCUT2D eigenvalue weighted by molar-refractivity contribution is 5.82. The van der Waals surface area contributed by atoms with Crippen LogP contribution in [0, 0.1) is 0 Å². The van der Waals surface area contributed by atoms with Gasteiger partial charge in [-0.15, -0.1) is 0 Å². The van der Waals surface area contributed by atoms with E-state index in [1.54, 1.807) is 0 Å². The van der Waals surface area contributed by atoms with Gasteiger partial charge in [0.2, 0.25) is 5.91 Å². The quantitative estimate of drug-likeness (QED) is 0.535. The smallest absolute Gasteiger partial charge is 0.332 e. The van der Waals surface area contributed by atoms with Crippen LogP contribution in [0.5, 0.6) is 0 Å². The minimum Gasteiger partial charge on any atom is -0.479 e. The Morgan fingerprint density at radius 3 is 2.69 bits per heavy atom. The molecule has 1 aliphatic heterocycles. The molecule has 0 aliphatic carbocycles. The first kappa shape index (κ1) is 12.7. The van der Waals surface area contributed by atoms with E-state index in [1.165, 1.54) is 0 Å². The first-order chi connectivity index (χ1) is 7.65. The zero-order valence-corrected chi connectivity index (χ0v) is 9.31. The van der Waals surface area contributed by atoms with Crippen LogP contribution in [-0.2, 0) is 14.3 Å². The fourth-order valence-corrected chi connectivity index (χ4v) is 1.57. The van der Waals surface area contributed by atoms with Crippen molar-refractivity contribution in [3.05, 3.63) is 12.2 Å². The number of nitrogens with one attached hydrogen (secondary N) is 1.